The number of carboxylic acid groups (broad SMARTS) is 1. The molecule has 0 saturated heterocycles. The number of terminal acetylenes is 1. The van der Waals surface area contributed by atoms with Crippen LogP contribution < -0.4 is 31.2 Å². The average Bonchev–Trinajstić information content (AvgIpc) is 4.13. The number of carboxylic acids is 1. The van der Waals surface area contributed by atoms with Gasteiger partial charge in [-0.2, -0.15) is 10.2 Å². The third-order valence-electron chi connectivity index (χ3n) is 11.3. The Hall–Kier alpha value is -10.4. The number of amides is 1. The summed E-state index contributed by atoms with van der Waals surface area (Å²) in [4.78, 5) is 47.6. The number of nitrogens with one attached hydrogen (secondary N) is 3. The van der Waals surface area contributed by atoms with E-state index in [4.69, 9.17) is 26.7 Å². The van der Waals surface area contributed by atoms with Gasteiger partial charge in [0.1, 0.15) is 32.8 Å². The first-order chi connectivity index (χ1) is 39.0. The Morgan fingerprint density at radius 3 is 1.65 bits per heavy atom. The van der Waals surface area contributed by atoms with Gasteiger partial charge in [-0.15, -0.1) is 12.0 Å². The number of nitrogens with two attached hydrogens (primary N) is 1. The molecule has 0 aliphatic rings. The van der Waals surface area contributed by atoms with Crippen molar-refractivity contribution in [3.8, 4) is 57.6 Å². The van der Waals surface area contributed by atoms with Crippen LogP contribution in [0.2, 0.25) is 19.6 Å². The van der Waals surface area contributed by atoms with Crippen LogP contribution in [0.3, 0.4) is 0 Å². The predicted octanol–water partition coefficient (Wildman–Crippen LogP) is 9.99. The standard InChI is InChI=1S/C28H22FN7O2.C25H28N6OSi.C6H4FNO2.CH4/c1-3-18-6-7-25-20(11-18)15-32-28(35-25)34-22-12-19(21-16-33-36(2)17-21)13-23(14-22)38-10-9-31-27(37)26-24(29)5-4-8-30-26;1-31-17-21(16-28-31)19-12-22(14-23(13-19)32-9-8-26)29-25-27-15-20-11-18(5-6-24(20)30-25)7-10-33(2,3)4;7-4-2-1-3-8-5(4)6(9)10;/h1,4-8,11-17H,9-10H2,2H3,(H,31,37)(H,32,34,35);5-6,11-17H,8-9,26H2,1-4H3,(H,27,29,30);1-3H,(H,9,10);1H4. The van der Waals surface area contributed by atoms with E-state index in [1.54, 1.807) is 27.8 Å². The van der Waals surface area contributed by atoms with Gasteiger partial charge in [-0.3, -0.25) is 14.2 Å². The molecule has 0 radical (unpaired) electrons. The van der Waals surface area contributed by atoms with E-state index in [1.807, 2.05) is 106 Å². The molecule has 1 amide bonds. The van der Waals surface area contributed by atoms with Crippen LogP contribution in [0.15, 0.2) is 147 Å². The molecule has 0 bridgehead atoms. The lowest BCUT2D eigenvalue weighted by Crippen LogP contribution is -2.29. The first-order valence-corrected chi connectivity index (χ1v) is 28.5. The second-order valence-electron chi connectivity index (χ2n) is 18.8. The number of rotatable bonds is 15. The highest BCUT2D eigenvalue weighted by atomic mass is 28.3. The molecule has 82 heavy (non-hydrogen) atoms. The second kappa shape index (κ2) is 27.4. The van der Waals surface area contributed by atoms with E-state index >= 15 is 0 Å². The number of benzene rings is 4. The molecule has 19 nitrogen and oxygen atoms in total. The number of ether oxygens (including phenoxy) is 2. The summed E-state index contributed by atoms with van der Waals surface area (Å²) >= 11 is 0. The molecule has 4 aromatic carbocycles. The van der Waals surface area contributed by atoms with Crippen LogP contribution in [0.1, 0.15) is 39.5 Å². The third-order valence-corrected chi connectivity index (χ3v) is 12.2. The number of hydrogen-bond acceptors (Lipinski definition) is 15. The SMILES string of the molecule is C.C#Cc1ccc2nc(Nc3cc(OCCNC(=O)c4ncccc4F)cc(-c4cnn(C)c4)c3)ncc2c1.Cn1cc(-c2cc(Nc3ncc4cc(C#C[Si](C)(C)C)ccc4n3)cc(OCCN)c2)cn1.O=C(O)c1ncccc1F. The summed E-state index contributed by atoms with van der Waals surface area (Å²) in [5, 5.41) is 27.7. The number of fused-ring (bicyclic) bond motifs is 2. The highest BCUT2D eigenvalue weighted by Crippen LogP contribution is 2.32. The molecule has 0 spiro atoms. The van der Waals surface area contributed by atoms with Gasteiger partial charge in [0.2, 0.25) is 11.9 Å². The summed E-state index contributed by atoms with van der Waals surface area (Å²) in [6, 6.07) is 28.1. The minimum atomic E-state index is -1.43. The Balaban J connectivity index is 0.000000201. The molecule has 6 N–H and O–H groups in total. The second-order valence-corrected chi connectivity index (χ2v) is 23.6. The van der Waals surface area contributed by atoms with Crippen molar-refractivity contribution in [2.24, 2.45) is 19.8 Å². The summed E-state index contributed by atoms with van der Waals surface area (Å²) in [6.45, 7) is 7.89. The highest BCUT2D eigenvalue weighted by Gasteiger charge is 2.15. The summed E-state index contributed by atoms with van der Waals surface area (Å²) in [5.41, 5.74) is 16.8. The molecule has 0 aliphatic carbocycles. The molecular weight excluding hydrogens is 1060 g/mol. The number of pyridine rings is 2. The van der Waals surface area contributed by atoms with E-state index < -0.39 is 37.3 Å². The Labute approximate surface area is 473 Å². The minimum Gasteiger partial charge on any atom is -0.492 e. The molecule has 10 rings (SSSR count). The van der Waals surface area contributed by atoms with E-state index in [0.29, 0.717) is 36.5 Å². The smallest absolute Gasteiger partial charge is 0.357 e. The van der Waals surface area contributed by atoms with Crippen molar-refractivity contribution in [3.63, 3.8) is 0 Å². The molecule has 22 heteroatoms. The fourth-order valence-electron chi connectivity index (χ4n) is 7.55. The number of carbonyl (C=O) groups excluding carboxylic acids is 1. The van der Waals surface area contributed by atoms with Crippen LogP contribution in [-0.4, -0.2) is 101 Å². The van der Waals surface area contributed by atoms with Crippen molar-refractivity contribution < 1.29 is 33.0 Å². The molecule has 0 fully saturated rings. The molecule has 0 unspecified atom stereocenters. The van der Waals surface area contributed by atoms with E-state index in [9.17, 15) is 18.4 Å². The number of halogens is 2. The molecule has 6 heterocycles. The summed E-state index contributed by atoms with van der Waals surface area (Å²) in [6.07, 6.45) is 19.0. The molecule has 10 aromatic rings. The van der Waals surface area contributed by atoms with Crippen molar-refractivity contribution in [2.45, 2.75) is 27.1 Å². The number of aromatic nitrogens is 10. The maximum absolute atomic E-state index is 13.8. The van der Waals surface area contributed by atoms with E-state index in [0.717, 1.165) is 72.7 Å². The quantitative estimate of drug-likeness (QED) is 0.0364. The van der Waals surface area contributed by atoms with Gasteiger partial charge < -0.3 is 36.3 Å². The van der Waals surface area contributed by atoms with Crippen molar-refractivity contribution >= 4 is 65.0 Å². The lowest BCUT2D eigenvalue weighted by atomic mass is 10.1. The molecule has 0 atom stereocenters. The molecule has 0 saturated carbocycles. The number of anilines is 4. The molecule has 416 valence electrons. The zero-order valence-corrected chi connectivity index (χ0v) is 45.6. The van der Waals surface area contributed by atoms with Crippen LogP contribution in [0, 0.1) is 35.4 Å². The Kier molecular flexibility index (Phi) is 19.8. The van der Waals surface area contributed by atoms with Crippen molar-refractivity contribution in [3.05, 3.63) is 181 Å². The van der Waals surface area contributed by atoms with Gasteiger partial charge in [-0.25, -0.2) is 43.5 Å². The number of aryl methyl sites for hydroxylation is 2. The average molecular weight is 1120 g/mol. The third kappa shape index (κ3) is 16.6. The first kappa shape index (κ1) is 59.2. The summed E-state index contributed by atoms with van der Waals surface area (Å²) in [5.74, 6) is 4.63. The monoisotopic (exact) mass is 1120 g/mol. The number of nitrogens with zero attached hydrogens (tertiary/aromatic N) is 10. The van der Waals surface area contributed by atoms with Gasteiger partial charge in [-0.05, 0) is 96.1 Å². The van der Waals surface area contributed by atoms with Crippen molar-refractivity contribution in [2.75, 3.05) is 36.9 Å². The maximum atomic E-state index is 13.8. The van der Waals surface area contributed by atoms with Crippen LogP contribution >= 0.6 is 0 Å². The van der Waals surface area contributed by atoms with Crippen LogP contribution in [0.5, 0.6) is 11.5 Å². The Bertz CT molecular complexity index is 4000. The Morgan fingerprint density at radius 1 is 0.671 bits per heavy atom. The van der Waals surface area contributed by atoms with E-state index in [-0.39, 0.29) is 26.3 Å². The van der Waals surface area contributed by atoms with Crippen molar-refractivity contribution in [1.82, 2.24) is 54.8 Å². The van der Waals surface area contributed by atoms with Gasteiger partial charge in [0.05, 0.1) is 30.0 Å². The number of aromatic carboxylic acids is 1. The Morgan fingerprint density at radius 2 is 1.18 bits per heavy atom. The zero-order chi connectivity index (χ0) is 57.5. The molecule has 6 aromatic heterocycles. The van der Waals surface area contributed by atoms with Gasteiger partial charge in [0, 0.05) is 114 Å². The maximum Gasteiger partial charge on any atom is 0.357 e. The van der Waals surface area contributed by atoms with Gasteiger partial charge in [0.15, 0.2) is 23.0 Å². The van der Waals surface area contributed by atoms with Crippen molar-refractivity contribution in [1.29, 1.82) is 0 Å². The lowest BCUT2D eigenvalue weighted by molar-refractivity contribution is 0.0684. The van der Waals surface area contributed by atoms with Crippen LogP contribution in [0.25, 0.3) is 44.1 Å². The van der Waals surface area contributed by atoms with E-state index in [1.165, 1.54) is 30.6 Å². The van der Waals surface area contributed by atoms with E-state index in [2.05, 4.69) is 93.1 Å². The lowest BCUT2D eigenvalue weighted by Gasteiger charge is -2.12. The summed E-state index contributed by atoms with van der Waals surface area (Å²) < 4.78 is 41.4. The van der Waals surface area contributed by atoms with Crippen LogP contribution in [-0.2, 0) is 14.1 Å². The largest absolute Gasteiger partial charge is 0.492 e. The molecule has 0 aliphatic heterocycles. The van der Waals surface area contributed by atoms with Gasteiger partial charge in [-0.1, -0.05) is 38.9 Å². The first-order valence-electron chi connectivity index (χ1n) is 25.0. The van der Waals surface area contributed by atoms with Crippen LogP contribution in [0.4, 0.5) is 32.1 Å². The minimum absolute atomic E-state index is 0. The topological polar surface area (TPSA) is 248 Å². The van der Waals surface area contributed by atoms with Gasteiger partial charge >= 0.3 is 5.97 Å². The number of hydrogen-bond donors (Lipinski definition) is 5. The fraction of sp³-hybridized carbons (Fsp3) is 0.167. The normalized spacial score (nSPS) is 10.6. The predicted molar refractivity (Wildman–Crippen MR) is 316 cm³/mol. The fourth-order valence-corrected chi connectivity index (χ4v) is 8.06. The van der Waals surface area contributed by atoms with Gasteiger partial charge in [0.25, 0.3) is 5.91 Å². The molecular formula is C60H58F2N14O5Si. The zero-order valence-electron chi connectivity index (χ0n) is 44.6. The highest BCUT2D eigenvalue weighted by molar-refractivity contribution is 6.83. The summed E-state index contributed by atoms with van der Waals surface area (Å²) in [7, 11) is 2.30. The number of carbonyl (C=O) groups is 2.